The minimum Gasteiger partial charge on any atom is -0.744 e. The molecule has 3 aromatic rings. The average molecular weight is 360 g/mol. The molecule has 0 aliphatic heterocycles. The minimum atomic E-state index is -4.75. The van der Waals surface area contributed by atoms with E-state index in [1.54, 1.807) is 24.3 Å². The second-order valence-electron chi connectivity index (χ2n) is 5.00. The van der Waals surface area contributed by atoms with Gasteiger partial charge in [-0.1, -0.05) is 12.1 Å². The van der Waals surface area contributed by atoms with Gasteiger partial charge in [0, 0.05) is 5.39 Å². The Morgan fingerprint density at radius 1 is 1.04 bits per heavy atom. The van der Waals surface area contributed by atoms with Gasteiger partial charge in [0.2, 0.25) is 0 Å². The highest BCUT2D eigenvalue weighted by molar-refractivity contribution is 7.85. The van der Waals surface area contributed by atoms with E-state index in [1.807, 2.05) is 0 Å². The van der Waals surface area contributed by atoms with Crippen molar-refractivity contribution >= 4 is 32.4 Å². The van der Waals surface area contributed by atoms with E-state index in [9.17, 15) is 28.0 Å². The number of phenolic OH excluding ortho intramolecular Hbond substituents is 1. The molecule has 0 atom stereocenters. The number of para-hydroxylation sites is 1. The van der Waals surface area contributed by atoms with E-state index in [2.05, 4.69) is 15.2 Å². The van der Waals surface area contributed by atoms with Crippen LogP contribution in [0.15, 0.2) is 62.4 Å². The Balaban J connectivity index is 2.12. The molecule has 1 aromatic heterocycles. The van der Waals surface area contributed by atoms with Crippen LogP contribution in [0.5, 0.6) is 11.5 Å². The summed E-state index contributed by atoms with van der Waals surface area (Å²) in [5.41, 5.74) is -1.10. The Labute approximate surface area is 140 Å². The normalized spacial score (nSPS) is 12.0. The molecule has 25 heavy (non-hydrogen) atoms. The summed E-state index contributed by atoms with van der Waals surface area (Å²) in [6.07, 6.45) is 0. The monoisotopic (exact) mass is 360 g/mol. The van der Waals surface area contributed by atoms with Crippen LogP contribution in [-0.2, 0) is 10.1 Å². The molecule has 3 rings (SSSR count). The molecular formula is C15H10N3O6S-. The summed E-state index contributed by atoms with van der Waals surface area (Å²) in [6.45, 7) is 0. The molecular weight excluding hydrogens is 350 g/mol. The Hall–Kier alpha value is -3.24. The third-order valence-corrected chi connectivity index (χ3v) is 4.19. The highest BCUT2D eigenvalue weighted by atomic mass is 32.2. The molecule has 0 amide bonds. The van der Waals surface area contributed by atoms with Crippen LogP contribution in [0.3, 0.4) is 0 Å². The van der Waals surface area contributed by atoms with Crippen molar-refractivity contribution < 1.29 is 23.2 Å². The van der Waals surface area contributed by atoms with Gasteiger partial charge in [-0.3, -0.25) is 4.79 Å². The lowest BCUT2D eigenvalue weighted by atomic mass is 10.2. The smallest absolute Gasteiger partial charge is 0.280 e. The fourth-order valence-electron chi connectivity index (χ4n) is 2.15. The molecule has 0 radical (unpaired) electrons. The number of fused-ring (bicyclic) bond motifs is 1. The first-order valence-corrected chi connectivity index (χ1v) is 8.23. The van der Waals surface area contributed by atoms with E-state index < -0.39 is 37.8 Å². The van der Waals surface area contributed by atoms with Crippen LogP contribution >= 0.6 is 0 Å². The van der Waals surface area contributed by atoms with Crippen molar-refractivity contribution in [2.45, 2.75) is 4.90 Å². The topological polar surface area (TPSA) is 155 Å². The first-order chi connectivity index (χ1) is 11.8. The van der Waals surface area contributed by atoms with Crippen molar-refractivity contribution in [3.05, 3.63) is 52.8 Å². The standard InChI is InChI=1S/C15H11N3O6S/c19-12-6-5-8(25(22,23)24)7-11(12)17-18-13-14(20)9-3-1-2-4-10(9)16-15(13)21/h1-7,19H,(H2,16,20,21)(H,22,23,24)/p-1. The number of hydrogen-bond donors (Lipinski definition) is 3. The maximum absolute atomic E-state index is 12.0. The van der Waals surface area contributed by atoms with E-state index in [4.69, 9.17) is 0 Å². The van der Waals surface area contributed by atoms with Crippen molar-refractivity contribution in [2.24, 2.45) is 10.2 Å². The van der Waals surface area contributed by atoms with E-state index >= 15 is 0 Å². The van der Waals surface area contributed by atoms with Gasteiger partial charge in [0.1, 0.15) is 21.6 Å². The number of azo groups is 1. The van der Waals surface area contributed by atoms with Crippen LogP contribution in [0.25, 0.3) is 10.9 Å². The molecule has 0 bridgehead atoms. The number of benzene rings is 2. The van der Waals surface area contributed by atoms with Gasteiger partial charge in [0.25, 0.3) is 5.56 Å². The lowest BCUT2D eigenvalue weighted by Gasteiger charge is -2.08. The molecule has 0 aliphatic carbocycles. The van der Waals surface area contributed by atoms with E-state index in [-0.39, 0.29) is 5.69 Å². The summed E-state index contributed by atoms with van der Waals surface area (Å²) in [5.74, 6) is -0.872. The number of nitrogens with zero attached hydrogens (tertiary/aromatic N) is 2. The predicted octanol–water partition coefficient (Wildman–Crippen LogP) is 2.26. The van der Waals surface area contributed by atoms with Crippen LogP contribution in [-0.4, -0.2) is 28.2 Å². The zero-order chi connectivity index (χ0) is 18.2. The van der Waals surface area contributed by atoms with Crippen LogP contribution in [0.1, 0.15) is 0 Å². The van der Waals surface area contributed by atoms with Crippen molar-refractivity contribution in [3.63, 3.8) is 0 Å². The number of aromatic nitrogens is 1. The number of phenols is 1. The summed E-state index contributed by atoms with van der Waals surface area (Å²) in [4.78, 5) is 13.9. The molecule has 1 heterocycles. The fraction of sp³-hybridized carbons (Fsp3) is 0. The highest BCUT2D eigenvalue weighted by Crippen LogP contribution is 2.34. The quantitative estimate of drug-likeness (QED) is 0.480. The maximum Gasteiger partial charge on any atom is 0.280 e. The first-order valence-electron chi connectivity index (χ1n) is 6.82. The molecule has 0 spiro atoms. The van der Waals surface area contributed by atoms with Crippen molar-refractivity contribution in [1.82, 2.24) is 4.98 Å². The third-order valence-electron chi connectivity index (χ3n) is 3.36. The molecule has 3 N–H and O–H groups in total. The lowest BCUT2D eigenvalue weighted by Crippen LogP contribution is -2.04. The zero-order valence-corrected chi connectivity index (χ0v) is 13.2. The Kier molecular flexibility index (Phi) is 3.99. The molecule has 10 heteroatoms. The number of aromatic amines is 1. The van der Waals surface area contributed by atoms with Crippen LogP contribution in [0.2, 0.25) is 0 Å². The van der Waals surface area contributed by atoms with Crippen molar-refractivity contribution in [1.29, 1.82) is 0 Å². The van der Waals surface area contributed by atoms with Crippen LogP contribution < -0.4 is 5.56 Å². The number of pyridine rings is 1. The fourth-order valence-corrected chi connectivity index (χ4v) is 2.64. The lowest BCUT2D eigenvalue weighted by molar-refractivity contribution is 0.461. The van der Waals surface area contributed by atoms with Gasteiger partial charge in [0.05, 0.1) is 10.4 Å². The van der Waals surface area contributed by atoms with Gasteiger partial charge >= 0.3 is 0 Å². The van der Waals surface area contributed by atoms with Gasteiger partial charge in [-0.05, 0) is 30.3 Å². The molecule has 0 saturated carbocycles. The third kappa shape index (κ3) is 3.20. The van der Waals surface area contributed by atoms with Gasteiger partial charge in [0.15, 0.2) is 11.4 Å². The molecule has 0 fully saturated rings. The summed E-state index contributed by atoms with van der Waals surface area (Å²) in [5, 5.41) is 27.4. The Morgan fingerprint density at radius 3 is 2.48 bits per heavy atom. The highest BCUT2D eigenvalue weighted by Gasteiger charge is 2.12. The SMILES string of the molecule is O=c1[nH]c2ccccc2c(O)c1N=Nc1cc(S(=O)(=O)[O-])ccc1O. The first kappa shape index (κ1) is 16.6. The summed E-state index contributed by atoms with van der Waals surface area (Å²) in [6, 6.07) is 9.16. The second-order valence-corrected chi connectivity index (χ2v) is 6.38. The van der Waals surface area contributed by atoms with E-state index in [1.165, 1.54) is 0 Å². The van der Waals surface area contributed by atoms with Gasteiger partial charge < -0.3 is 19.7 Å². The Bertz CT molecular complexity index is 1170. The van der Waals surface area contributed by atoms with Gasteiger partial charge in [-0.2, -0.15) is 0 Å². The molecule has 0 unspecified atom stereocenters. The number of rotatable bonds is 3. The molecule has 0 saturated heterocycles. The maximum atomic E-state index is 12.0. The van der Waals surface area contributed by atoms with Crippen molar-refractivity contribution in [3.8, 4) is 11.5 Å². The second kappa shape index (κ2) is 6.00. The average Bonchev–Trinajstić information content (AvgIpc) is 2.55. The molecule has 9 nitrogen and oxygen atoms in total. The molecule has 2 aromatic carbocycles. The number of nitrogens with one attached hydrogen (secondary N) is 1. The minimum absolute atomic E-state index is 0.330. The van der Waals surface area contributed by atoms with E-state index in [0.717, 1.165) is 18.2 Å². The van der Waals surface area contributed by atoms with Crippen LogP contribution in [0, 0.1) is 0 Å². The number of aromatic hydroxyl groups is 2. The van der Waals surface area contributed by atoms with Crippen molar-refractivity contribution in [2.75, 3.05) is 0 Å². The molecule has 0 aliphatic rings. The van der Waals surface area contributed by atoms with Gasteiger partial charge in [-0.25, -0.2) is 8.42 Å². The van der Waals surface area contributed by atoms with E-state index in [0.29, 0.717) is 10.9 Å². The van der Waals surface area contributed by atoms with Crippen LogP contribution in [0.4, 0.5) is 11.4 Å². The molecule has 128 valence electrons. The Morgan fingerprint density at radius 2 is 1.76 bits per heavy atom. The summed E-state index contributed by atoms with van der Waals surface area (Å²) in [7, 11) is -4.75. The number of H-pyrrole nitrogens is 1. The largest absolute Gasteiger partial charge is 0.744 e. The predicted molar refractivity (Wildman–Crippen MR) is 86.5 cm³/mol. The zero-order valence-electron chi connectivity index (χ0n) is 12.4. The summed E-state index contributed by atoms with van der Waals surface area (Å²) < 4.78 is 33.1. The number of hydrogen-bond acceptors (Lipinski definition) is 8. The van der Waals surface area contributed by atoms with Gasteiger partial charge in [-0.15, -0.1) is 10.2 Å². The summed E-state index contributed by atoms with van der Waals surface area (Å²) >= 11 is 0.